The molecule has 0 saturated heterocycles. The molecule has 1 rings (SSSR count). The SMILES string of the molecule is CCC(CC)C(=O)Nc1nccn1C. The molecule has 4 nitrogen and oxygen atoms in total. The van der Waals surface area contributed by atoms with Gasteiger partial charge in [-0.3, -0.25) is 10.1 Å². The van der Waals surface area contributed by atoms with Gasteiger partial charge in [0.25, 0.3) is 0 Å². The summed E-state index contributed by atoms with van der Waals surface area (Å²) in [6.45, 7) is 4.04. The van der Waals surface area contributed by atoms with E-state index in [9.17, 15) is 4.79 Å². The summed E-state index contributed by atoms with van der Waals surface area (Å²) in [5.74, 6) is 0.762. The third-order valence-corrected chi connectivity index (χ3v) is 2.41. The first kappa shape index (κ1) is 10.8. The van der Waals surface area contributed by atoms with Crippen molar-refractivity contribution in [2.75, 3.05) is 5.32 Å². The Morgan fingerprint density at radius 2 is 2.21 bits per heavy atom. The lowest BCUT2D eigenvalue weighted by Gasteiger charge is -2.11. The molecule has 1 amide bonds. The molecule has 1 heterocycles. The Labute approximate surface area is 84.3 Å². The van der Waals surface area contributed by atoms with Crippen molar-refractivity contribution in [1.29, 1.82) is 0 Å². The summed E-state index contributed by atoms with van der Waals surface area (Å²) >= 11 is 0. The first-order valence-electron chi connectivity index (χ1n) is 4.97. The number of hydrogen-bond donors (Lipinski definition) is 1. The van der Waals surface area contributed by atoms with Crippen molar-refractivity contribution in [2.24, 2.45) is 13.0 Å². The second-order valence-electron chi connectivity index (χ2n) is 3.36. The van der Waals surface area contributed by atoms with Crippen LogP contribution >= 0.6 is 0 Å². The van der Waals surface area contributed by atoms with Crippen LogP contribution in [0.5, 0.6) is 0 Å². The van der Waals surface area contributed by atoms with Crippen molar-refractivity contribution in [3.63, 3.8) is 0 Å². The van der Waals surface area contributed by atoms with Gasteiger partial charge in [-0.15, -0.1) is 0 Å². The number of nitrogens with one attached hydrogen (secondary N) is 1. The first-order valence-corrected chi connectivity index (χ1v) is 4.97. The van der Waals surface area contributed by atoms with Crippen LogP contribution in [0.2, 0.25) is 0 Å². The molecule has 0 saturated carbocycles. The van der Waals surface area contributed by atoms with E-state index in [1.54, 1.807) is 10.8 Å². The minimum atomic E-state index is 0.0595. The molecular formula is C10H17N3O. The number of carbonyl (C=O) groups is 1. The molecule has 0 aromatic carbocycles. The van der Waals surface area contributed by atoms with Crippen molar-refractivity contribution in [3.8, 4) is 0 Å². The lowest BCUT2D eigenvalue weighted by molar-refractivity contribution is -0.120. The highest BCUT2D eigenvalue weighted by Crippen LogP contribution is 2.10. The van der Waals surface area contributed by atoms with Crippen molar-refractivity contribution in [3.05, 3.63) is 12.4 Å². The number of carbonyl (C=O) groups excluding carboxylic acids is 1. The summed E-state index contributed by atoms with van der Waals surface area (Å²) < 4.78 is 1.79. The molecule has 0 aliphatic carbocycles. The van der Waals surface area contributed by atoms with Crippen LogP contribution in [-0.2, 0) is 11.8 Å². The van der Waals surface area contributed by atoms with Gasteiger partial charge in [0.15, 0.2) is 0 Å². The number of anilines is 1. The average Bonchev–Trinajstić information content (AvgIpc) is 2.54. The molecule has 4 heteroatoms. The zero-order valence-corrected chi connectivity index (χ0v) is 8.95. The number of rotatable bonds is 4. The topological polar surface area (TPSA) is 46.9 Å². The maximum Gasteiger partial charge on any atom is 0.229 e. The van der Waals surface area contributed by atoms with Gasteiger partial charge in [-0.2, -0.15) is 0 Å². The minimum Gasteiger partial charge on any atom is -0.320 e. The predicted molar refractivity (Wildman–Crippen MR) is 55.9 cm³/mol. The number of hydrogen-bond acceptors (Lipinski definition) is 2. The molecule has 0 aliphatic rings. The van der Waals surface area contributed by atoms with Crippen LogP contribution in [0, 0.1) is 5.92 Å². The van der Waals surface area contributed by atoms with Gasteiger partial charge >= 0.3 is 0 Å². The standard InChI is InChI=1S/C10H17N3O/c1-4-8(5-2)9(14)12-10-11-6-7-13(10)3/h6-8H,4-5H2,1-3H3,(H,11,12,14). The second-order valence-corrected chi connectivity index (χ2v) is 3.36. The molecule has 14 heavy (non-hydrogen) atoms. The van der Waals surface area contributed by atoms with E-state index in [1.165, 1.54) is 0 Å². The number of amides is 1. The molecule has 0 fully saturated rings. The Kier molecular flexibility index (Phi) is 3.68. The number of aromatic nitrogens is 2. The van der Waals surface area contributed by atoms with Crippen LogP contribution in [0.1, 0.15) is 26.7 Å². The summed E-state index contributed by atoms with van der Waals surface area (Å²) in [6.07, 6.45) is 5.21. The van der Waals surface area contributed by atoms with Crippen molar-refractivity contribution < 1.29 is 4.79 Å². The maximum atomic E-state index is 11.7. The fourth-order valence-electron chi connectivity index (χ4n) is 1.36. The summed E-state index contributed by atoms with van der Waals surface area (Å²) in [5.41, 5.74) is 0. The number of nitrogens with zero attached hydrogens (tertiary/aromatic N) is 2. The Hall–Kier alpha value is -1.32. The van der Waals surface area contributed by atoms with Crippen molar-refractivity contribution in [2.45, 2.75) is 26.7 Å². The van der Waals surface area contributed by atoms with Gasteiger partial charge in [-0.05, 0) is 12.8 Å². The molecule has 0 atom stereocenters. The van der Waals surface area contributed by atoms with Crippen LogP contribution in [0.25, 0.3) is 0 Å². The van der Waals surface area contributed by atoms with Gasteiger partial charge in [0.1, 0.15) is 0 Å². The molecule has 78 valence electrons. The monoisotopic (exact) mass is 195 g/mol. The van der Waals surface area contributed by atoms with Crippen molar-refractivity contribution >= 4 is 11.9 Å². The molecule has 0 unspecified atom stereocenters. The summed E-state index contributed by atoms with van der Waals surface area (Å²) in [4.78, 5) is 15.7. The van der Waals surface area contributed by atoms with E-state index in [1.807, 2.05) is 27.1 Å². The van der Waals surface area contributed by atoms with E-state index in [0.29, 0.717) is 5.95 Å². The maximum absolute atomic E-state index is 11.7. The van der Waals surface area contributed by atoms with Gasteiger partial charge in [0.05, 0.1) is 0 Å². The molecule has 1 aromatic rings. The van der Waals surface area contributed by atoms with Crippen LogP contribution in [0.15, 0.2) is 12.4 Å². The third kappa shape index (κ3) is 2.34. The van der Waals surface area contributed by atoms with Gasteiger partial charge in [-0.25, -0.2) is 4.98 Å². The third-order valence-electron chi connectivity index (χ3n) is 2.41. The van der Waals surface area contributed by atoms with E-state index in [2.05, 4.69) is 10.3 Å². The number of aryl methyl sites for hydroxylation is 1. The molecule has 1 aromatic heterocycles. The lowest BCUT2D eigenvalue weighted by Crippen LogP contribution is -2.23. The van der Waals surface area contributed by atoms with E-state index in [4.69, 9.17) is 0 Å². The van der Waals surface area contributed by atoms with Gasteiger partial charge in [0.2, 0.25) is 11.9 Å². The summed E-state index contributed by atoms with van der Waals surface area (Å²) in [7, 11) is 1.86. The molecule has 1 N–H and O–H groups in total. The highest BCUT2D eigenvalue weighted by atomic mass is 16.2. The van der Waals surface area contributed by atoms with Crippen LogP contribution < -0.4 is 5.32 Å². The van der Waals surface area contributed by atoms with Gasteiger partial charge in [-0.1, -0.05) is 13.8 Å². The molecule has 0 radical (unpaired) electrons. The largest absolute Gasteiger partial charge is 0.320 e. The Bertz CT molecular complexity index is 302. The lowest BCUT2D eigenvalue weighted by atomic mass is 10.0. The second kappa shape index (κ2) is 4.79. The van der Waals surface area contributed by atoms with Crippen molar-refractivity contribution in [1.82, 2.24) is 9.55 Å². The minimum absolute atomic E-state index is 0.0595. The van der Waals surface area contributed by atoms with E-state index in [0.717, 1.165) is 12.8 Å². The fourth-order valence-corrected chi connectivity index (χ4v) is 1.36. The highest BCUT2D eigenvalue weighted by Gasteiger charge is 2.15. The predicted octanol–water partition coefficient (Wildman–Crippen LogP) is 1.79. The smallest absolute Gasteiger partial charge is 0.229 e. The van der Waals surface area contributed by atoms with Crippen LogP contribution in [0.4, 0.5) is 5.95 Å². The first-order chi connectivity index (χ1) is 6.69. The molecule has 0 aliphatic heterocycles. The highest BCUT2D eigenvalue weighted by molar-refractivity contribution is 5.90. The van der Waals surface area contributed by atoms with E-state index in [-0.39, 0.29) is 11.8 Å². The quantitative estimate of drug-likeness (QED) is 0.796. The zero-order valence-electron chi connectivity index (χ0n) is 8.95. The summed E-state index contributed by atoms with van der Waals surface area (Å²) in [5, 5.41) is 2.81. The van der Waals surface area contributed by atoms with Crippen LogP contribution in [-0.4, -0.2) is 15.5 Å². The van der Waals surface area contributed by atoms with Gasteiger partial charge in [0, 0.05) is 25.4 Å². The Morgan fingerprint density at radius 1 is 1.57 bits per heavy atom. The molecule has 0 bridgehead atoms. The Morgan fingerprint density at radius 3 is 2.64 bits per heavy atom. The zero-order chi connectivity index (χ0) is 10.6. The normalized spacial score (nSPS) is 10.6. The van der Waals surface area contributed by atoms with Gasteiger partial charge < -0.3 is 4.57 Å². The van der Waals surface area contributed by atoms with E-state index < -0.39 is 0 Å². The van der Waals surface area contributed by atoms with Crippen LogP contribution in [0.3, 0.4) is 0 Å². The fraction of sp³-hybridized carbons (Fsp3) is 0.600. The average molecular weight is 195 g/mol. The summed E-state index contributed by atoms with van der Waals surface area (Å²) in [6, 6.07) is 0. The molecule has 0 spiro atoms. The number of imidazole rings is 1. The Balaban J connectivity index is 2.61. The molecular weight excluding hydrogens is 178 g/mol. The van der Waals surface area contributed by atoms with E-state index >= 15 is 0 Å².